The molecule has 9 nitrogen and oxygen atoms in total. The lowest BCUT2D eigenvalue weighted by molar-refractivity contribution is -0.192. The molecule has 4 aromatic rings. The van der Waals surface area contributed by atoms with E-state index in [0.717, 1.165) is 48.5 Å². The van der Waals surface area contributed by atoms with E-state index >= 15 is 0 Å². The summed E-state index contributed by atoms with van der Waals surface area (Å²) >= 11 is 0. The van der Waals surface area contributed by atoms with Crippen molar-refractivity contribution in [2.24, 2.45) is 0 Å². The van der Waals surface area contributed by atoms with Crippen LogP contribution < -0.4 is 4.74 Å². The van der Waals surface area contributed by atoms with E-state index in [2.05, 4.69) is 80.8 Å². The summed E-state index contributed by atoms with van der Waals surface area (Å²) in [6.07, 6.45) is -1.26. The Morgan fingerprint density at radius 2 is 1.82 bits per heavy atom. The third kappa shape index (κ3) is 6.26. The van der Waals surface area contributed by atoms with Crippen LogP contribution in [-0.4, -0.2) is 80.7 Å². The Bertz CT molecular complexity index is 1380. The fourth-order valence-corrected chi connectivity index (χ4v) is 4.29. The summed E-state index contributed by atoms with van der Waals surface area (Å²) in [5, 5.41) is 16.2. The number of piperazine rings is 1. The van der Waals surface area contributed by atoms with Crippen molar-refractivity contribution in [1.29, 1.82) is 0 Å². The minimum Gasteiger partial charge on any atom is -0.481 e. The zero-order valence-corrected chi connectivity index (χ0v) is 20.8. The smallest absolute Gasteiger partial charge is 0.481 e. The van der Waals surface area contributed by atoms with Crippen molar-refractivity contribution in [2.45, 2.75) is 18.8 Å². The number of carboxylic acids is 1. The Morgan fingerprint density at radius 1 is 1.08 bits per heavy atom. The number of alkyl halides is 3. The predicted molar refractivity (Wildman–Crippen MR) is 134 cm³/mol. The number of hydrogen-bond donors (Lipinski definition) is 1. The molecule has 4 heterocycles. The minimum absolute atomic E-state index is 0.177. The fourth-order valence-electron chi connectivity index (χ4n) is 4.29. The number of fused-ring (bicyclic) bond motifs is 1. The van der Waals surface area contributed by atoms with Gasteiger partial charge in [0.05, 0.1) is 18.7 Å². The molecule has 1 aromatic carbocycles. The molecule has 0 aliphatic carbocycles. The first kappa shape index (κ1) is 27.0. The first-order chi connectivity index (χ1) is 18.2. The predicted octanol–water partition coefficient (Wildman–Crippen LogP) is 3.92. The van der Waals surface area contributed by atoms with Crippen molar-refractivity contribution in [1.82, 2.24) is 29.6 Å². The average Bonchev–Trinajstić information content (AvgIpc) is 3.33. The molecule has 1 N–H and O–H groups in total. The van der Waals surface area contributed by atoms with Gasteiger partial charge in [0, 0.05) is 49.7 Å². The number of carbonyl (C=O) groups is 1. The van der Waals surface area contributed by atoms with Crippen molar-refractivity contribution in [3.8, 4) is 17.0 Å². The Kier molecular flexibility index (Phi) is 8.23. The van der Waals surface area contributed by atoms with Gasteiger partial charge in [0.1, 0.15) is 5.69 Å². The standard InChI is InChI=1S/C24H26N6O.C2HF3O2/c1-28-13-14-29(15-20-9-6-12-25-24(20)31-2)17-22(28)23-21-11-10-19(16-30(21)27-26-23)18-7-4-3-5-8-18;3-2(4,5)1(6)7/h3-12,16,22H,13-15,17H2,1-2H3;(H,6,7). The molecule has 0 bridgehead atoms. The third-order valence-electron chi connectivity index (χ3n) is 6.27. The monoisotopic (exact) mass is 528 g/mol. The highest BCUT2D eigenvalue weighted by molar-refractivity contribution is 5.73. The first-order valence-corrected chi connectivity index (χ1v) is 11.8. The van der Waals surface area contributed by atoms with Gasteiger partial charge in [-0.2, -0.15) is 13.2 Å². The number of nitrogens with zero attached hydrogens (tertiary/aromatic N) is 6. The van der Waals surface area contributed by atoms with Gasteiger partial charge in [-0.05, 0) is 24.7 Å². The molecule has 1 unspecified atom stereocenters. The van der Waals surface area contributed by atoms with Crippen LogP contribution in [0, 0.1) is 0 Å². The van der Waals surface area contributed by atoms with Gasteiger partial charge in [0.2, 0.25) is 5.88 Å². The number of carboxylic acid groups (broad SMARTS) is 1. The highest BCUT2D eigenvalue weighted by atomic mass is 19.4. The van der Waals surface area contributed by atoms with E-state index in [-0.39, 0.29) is 6.04 Å². The van der Waals surface area contributed by atoms with Gasteiger partial charge in [-0.1, -0.05) is 47.7 Å². The molecule has 1 saturated heterocycles. The molecular weight excluding hydrogens is 501 g/mol. The Hall–Kier alpha value is -4.03. The largest absolute Gasteiger partial charge is 0.490 e. The number of aliphatic carboxylic acids is 1. The van der Waals surface area contributed by atoms with E-state index in [0.29, 0.717) is 5.88 Å². The maximum Gasteiger partial charge on any atom is 0.490 e. The summed E-state index contributed by atoms with van der Waals surface area (Å²) in [5.41, 5.74) is 5.48. The summed E-state index contributed by atoms with van der Waals surface area (Å²) in [4.78, 5) is 18.0. The SMILES string of the molecule is COc1ncccc1CN1CCN(C)C(c2nnn3cc(-c4ccccc4)ccc23)C1.O=C(O)C(F)(F)F. The highest BCUT2D eigenvalue weighted by Crippen LogP contribution is 2.29. The number of hydrogen-bond acceptors (Lipinski definition) is 7. The van der Waals surface area contributed by atoms with E-state index in [1.165, 1.54) is 5.56 Å². The summed E-state index contributed by atoms with van der Waals surface area (Å²) in [5.74, 6) is -2.06. The van der Waals surface area contributed by atoms with E-state index in [1.54, 1.807) is 13.3 Å². The molecule has 0 spiro atoms. The molecule has 0 radical (unpaired) electrons. The van der Waals surface area contributed by atoms with E-state index in [4.69, 9.17) is 14.6 Å². The van der Waals surface area contributed by atoms with Crippen LogP contribution in [0.15, 0.2) is 67.0 Å². The van der Waals surface area contributed by atoms with Crippen LogP contribution in [0.1, 0.15) is 17.3 Å². The van der Waals surface area contributed by atoms with Crippen LogP contribution in [0.2, 0.25) is 0 Å². The Balaban J connectivity index is 0.000000426. The topological polar surface area (TPSA) is 96.1 Å². The zero-order chi connectivity index (χ0) is 27.3. The second kappa shape index (κ2) is 11.6. The zero-order valence-electron chi connectivity index (χ0n) is 20.8. The maximum absolute atomic E-state index is 10.6. The molecule has 1 aliphatic rings. The maximum atomic E-state index is 10.6. The average molecular weight is 529 g/mol. The van der Waals surface area contributed by atoms with Crippen molar-refractivity contribution in [2.75, 3.05) is 33.8 Å². The summed E-state index contributed by atoms with van der Waals surface area (Å²) in [7, 11) is 3.83. The van der Waals surface area contributed by atoms with Crippen LogP contribution in [-0.2, 0) is 11.3 Å². The summed E-state index contributed by atoms with van der Waals surface area (Å²) in [6, 6.07) is 18.9. The fraction of sp³-hybridized carbons (Fsp3) is 0.308. The van der Waals surface area contributed by atoms with Crippen molar-refractivity contribution in [3.63, 3.8) is 0 Å². The molecule has 1 atom stereocenters. The van der Waals surface area contributed by atoms with Crippen LogP contribution in [0.5, 0.6) is 5.88 Å². The highest BCUT2D eigenvalue weighted by Gasteiger charge is 2.38. The summed E-state index contributed by atoms with van der Waals surface area (Å²) in [6.45, 7) is 3.64. The Labute approximate surface area is 217 Å². The normalized spacial score (nSPS) is 16.6. The number of rotatable bonds is 5. The number of pyridine rings is 2. The molecular formula is C26H27F3N6O3. The van der Waals surface area contributed by atoms with E-state index in [9.17, 15) is 13.2 Å². The van der Waals surface area contributed by atoms with Gasteiger partial charge in [0.25, 0.3) is 0 Å². The van der Waals surface area contributed by atoms with Gasteiger partial charge in [-0.15, -0.1) is 5.10 Å². The number of methoxy groups -OCH3 is 1. The number of aromatic nitrogens is 4. The second-order valence-electron chi connectivity index (χ2n) is 8.79. The molecule has 1 aliphatic heterocycles. The molecule has 38 heavy (non-hydrogen) atoms. The van der Waals surface area contributed by atoms with Crippen LogP contribution >= 0.6 is 0 Å². The molecule has 5 rings (SSSR count). The van der Waals surface area contributed by atoms with Gasteiger partial charge in [-0.3, -0.25) is 9.80 Å². The number of ether oxygens (including phenoxy) is 1. The van der Waals surface area contributed by atoms with Crippen LogP contribution in [0.25, 0.3) is 16.6 Å². The molecule has 200 valence electrons. The van der Waals surface area contributed by atoms with Crippen LogP contribution in [0.4, 0.5) is 13.2 Å². The quantitative estimate of drug-likeness (QED) is 0.417. The van der Waals surface area contributed by atoms with Gasteiger partial charge in [-0.25, -0.2) is 14.3 Å². The minimum atomic E-state index is -5.08. The molecule has 0 amide bonds. The molecule has 1 fully saturated rings. The van der Waals surface area contributed by atoms with Crippen LogP contribution in [0.3, 0.4) is 0 Å². The lowest BCUT2D eigenvalue weighted by Gasteiger charge is -2.38. The lowest BCUT2D eigenvalue weighted by Crippen LogP contribution is -2.46. The van der Waals surface area contributed by atoms with E-state index < -0.39 is 12.1 Å². The van der Waals surface area contributed by atoms with E-state index in [1.807, 2.05) is 16.6 Å². The first-order valence-electron chi connectivity index (χ1n) is 11.8. The van der Waals surface area contributed by atoms with Crippen molar-refractivity contribution in [3.05, 3.63) is 78.2 Å². The van der Waals surface area contributed by atoms with Gasteiger partial charge >= 0.3 is 12.1 Å². The molecule has 0 saturated carbocycles. The second-order valence-corrected chi connectivity index (χ2v) is 8.79. The Morgan fingerprint density at radius 3 is 2.50 bits per heavy atom. The van der Waals surface area contributed by atoms with Crippen molar-refractivity contribution < 1.29 is 27.8 Å². The summed E-state index contributed by atoms with van der Waals surface area (Å²) < 4.78 is 39.1. The molecule has 3 aromatic heterocycles. The lowest BCUT2D eigenvalue weighted by atomic mass is 10.1. The number of benzene rings is 1. The number of halogens is 3. The van der Waals surface area contributed by atoms with Gasteiger partial charge < -0.3 is 9.84 Å². The number of likely N-dealkylation sites (N-methyl/N-ethyl adjacent to an activating group) is 1. The molecule has 12 heteroatoms. The van der Waals surface area contributed by atoms with Gasteiger partial charge in [0.15, 0.2) is 0 Å². The third-order valence-corrected chi connectivity index (χ3v) is 6.27. The van der Waals surface area contributed by atoms with Crippen molar-refractivity contribution >= 4 is 11.5 Å².